The van der Waals surface area contributed by atoms with Crippen molar-refractivity contribution in [3.05, 3.63) is 0 Å². The van der Waals surface area contributed by atoms with Crippen molar-refractivity contribution < 1.29 is 13.2 Å². The Labute approximate surface area is 126 Å². The summed E-state index contributed by atoms with van der Waals surface area (Å²) in [7, 11) is -0.376. The van der Waals surface area contributed by atoms with Crippen LogP contribution in [0, 0.1) is 5.41 Å². The minimum absolute atomic E-state index is 0.0731. The van der Waals surface area contributed by atoms with Crippen LogP contribution in [0.1, 0.15) is 32.1 Å². The Morgan fingerprint density at radius 3 is 2.30 bits per heavy atom. The zero-order valence-electron chi connectivity index (χ0n) is 12.0. The summed E-state index contributed by atoms with van der Waals surface area (Å²) in [5.74, 6) is -0.363. The Hall–Kier alpha value is -0.730. The Balaban J connectivity index is 2.63. The van der Waals surface area contributed by atoms with Crippen LogP contribution < -0.4 is 11.1 Å². The number of sulfonamides is 1. The molecule has 8 heteroatoms. The SMILES string of the molecule is CN(C)S(=O)(=O)CCNC(=O)C1(C(N)=S)CCCCC1. The van der Waals surface area contributed by atoms with E-state index in [2.05, 4.69) is 5.32 Å². The van der Waals surface area contributed by atoms with Gasteiger partial charge in [0.05, 0.1) is 16.2 Å². The standard InChI is InChI=1S/C12H23N3O3S2/c1-15(2)20(17,18)9-8-14-11(16)12(10(13)19)6-4-3-5-7-12/h3-9H2,1-2H3,(H2,13,19)(H,14,16). The molecule has 1 amide bonds. The average Bonchev–Trinajstić information content (AvgIpc) is 2.38. The molecule has 1 saturated carbocycles. The number of nitrogens with two attached hydrogens (primary N) is 1. The zero-order valence-corrected chi connectivity index (χ0v) is 13.6. The molecule has 0 aromatic carbocycles. The highest BCUT2D eigenvalue weighted by Gasteiger charge is 2.42. The lowest BCUT2D eigenvalue weighted by atomic mass is 9.73. The van der Waals surface area contributed by atoms with E-state index in [1.165, 1.54) is 14.1 Å². The van der Waals surface area contributed by atoms with E-state index in [9.17, 15) is 13.2 Å². The van der Waals surface area contributed by atoms with Crippen LogP contribution in [0.25, 0.3) is 0 Å². The summed E-state index contributed by atoms with van der Waals surface area (Å²) in [4.78, 5) is 12.5. The first-order valence-corrected chi connectivity index (χ1v) is 8.72. The highest BCUT2D eigenvalue weighted by atomic mass is 32.2. The lowest BCUT2D eigenvalue weighted by Crippen LogP contribution is -2.51. The molecule has 1 rings (SSSR count). The molecule has 0 atom stereocenters. The molecule has 0 saturated heterocycles. The van der Waals surface area contributed by atoms with Crippen molar-refractivity contribution in [3.8, 4) is 0 Å². The first-order chi connectivity index (χ1) is 9.22. The molecule has 3 N–H and O–H groups in total. The molecule has 0 aliphatic heterocycles. The van der Waals surface area contributed by atoms with Gasteiger partial charge in [-0.25, -0.2) is 12.7 Å². The molecule has 0 unspecified atom stereocenters. The van der Waals surface area contributed by atoms with Crippen LogP contribution in [-0.4, -0.2) is 50.0 Å². The molecular formula is C12H23N3O3S2. The normalized spacial score (nSPS) is 18.8. The van der Waals surface area contributed by atoms with Gasteiger partial charge in [-0.3, -0.25) is 4.79 Å². The summed E-state index contributed by atoms with van der Waals surface area (Å²) in [6, 6.07) is 0. The Kier molecular flexibility index (Phi) is 5.91. The summed E-state index contributed by atoms with van der Waals surface area (Å²) in [6.07, 6.45) is 4.21. The first-order valence-electron chi connectivity index (χ1n) is 6.71. The van der Waals surface area contributed by atoms with Crippen molar-refractivity contribution >= 4 is 33.1 Å². The van der Waals surface area contributed by atoms with Crippen LogP contribution >= 0.6 is 12.2 Å². The van der Waals surface area contributed by atoms with Gasteiger partial charge in [0.2, 0.25) is 15.9 Å². The fourth-order valence-corrected chi connectivity index (χ4v) is 3.41. The van der Waals surface area contributed by atoms with Gasteiger partial charge in [-0.05, 0) is 12.8 Å². The van der Waals surface area contributed by atoms with Crippen molar-refractivity contribution in [1.29, 1.82) is 0 Å². The molecule has 116 valence electrons. The molecule has 0 radical (unpaired) electrons. The third-order valence-corrected chi connectivity index (χ3v) is 6.04. The van der Waals surface area contributed by atoms with Gasteiger partial charge < -0.3 is 11.1 Å². The minimum Gasteiger partial charge on any atom is -0.392 e. The van der Waals surface area contributed by atoms with Crippen LogP contribution in [0.3, 0.4) is 0 Å². The number of nitrogens with zero attached hydrogens (tertiary/aromatic N) is 1. The number of nitrogens with one attached hydrogen (secondary N) is 1. The predicted molar refractivity (Wildman–Crippen MR) is 82.8 cm³/mol. The molecule has 6 nitrogen and oxygen atoms in total. The van der Waals surface area contributed by atoms with E-state index in [0.717, 1.165) is 23.6 Å². The molecule has 0 bridgehead atoms. The second-order valence-electron chi connectivity index (χ2n) is 5.36. The van der Waals surface area contributed by atoms with Gasteiger partial charge in [0.25, 0.3) is 0 Å². The van der Waals surface area contributed by atoms with Crippen LogP contribution in [0.4, 0.5) is 0 Å². The lowest BCUT2D eigenvalue weighted by Gasteiger charge is -2.34. The fraction of sp³-hybridized carbons (Fsp3) is 0.833. The quantitative estimate of drug-likeness (QED) is 0.683. The maximum absolute atomic E-state index is 12.3. The largest absolute Gasteiger partial charge is 0.392 e. The number of carbonyl (C=O) groups excluding carboxylic acids is 1. The van der Waals surface area contributed by atoms with Crippen LogP contribution in [0.5, 0.6) is 0 Å². The third kappa shape index (κ3) is 3.89. The van der Waals surface area contributed by atoms with E-state index in [-0.39, 0.29) is 23.2 Å². The summed E-state index contributed by atoms with van der Waals surface area (Å²) in [6.45, 7) is 0.0731. The molecule has 1 fully saturated rings. The van der Waals surface area contributed by atoms with Gasteiger partial charge in [0.15, 0.2) is 0 Å². The van der Waals surface area contributed by atoms with E-state index in [4.69, 9.17) is 18.0 Å². The second kappa shape index (κ2) is 6.82. The summed E-state index contributed by atoms with van der Waals surface area (Å²) in [5, 5.41) is 2.67. The Morgan fingerprint density at radius 2 is 1.85 bits per heavy atom. The number of hydrogen-bond donors (Lipinski definition) is 2. The highest BCUT2D eigenvalue weighted by molar-refractivity contribution is 7.89. The first kappa shape index (κ1) is 17.3. The maximum atomic E-state index is 12.3. The Bertz CT molecular complexity index is 468. The van der Waals surface area contributed by atoms with Crippen molar-refractivity contribution in [2.45, 2.75) is 32.1 Å². The maximum Gasteiger partial charge on any atom is 0.233 e. The van der Waals surface area contributed by atoms with Gasteiger partial charge in [-0.1, -0.05) is 31.5 Å². The summed E-state index contributed by atoms with van der Waals surface area (Å²) < 4.78 is 24.4. The molecule has 1 aliphatic carbocycles. The monoisotopic (exact) mass is 321 g/mol. The molecule has 1 aliphatic rings. The summed E-state index contributed by atoms with van der Waals surface area (Å²) in [5.41, 5.74) is 4.96. The number of carbonyl (C=O) groups is 1. The Morgan fingerprint density at radius 1 is 1.30 bits per heavy atom. The average molecular weight is 321 g/mol. The molecule has 0 heterocycles. The summed E-state index contributed by atoms with van der Waals surface area (Å²) >= 11 is 5.06. The predicted octanol–water partition coefficient (Wildman–Crippen LogP) is 0.231. The minimum atomic E-state index is -3.31. The van der Waals surface area contributed by atoms with E-state index >= 15 is 0 Å². The lowest BCUT2D eigenvalue weighted by molar-refractivity contribution is -0.128. The van der Waals surface area contributed by atoms with E-state index in [0.29, 0.717) is 12.8 Å². The van der Waals surface area contributed by atoms with Gasteiger partial charge >= 0.3 is 0 Å². The number of thiocarbonyl (C=S) groups is 1. The van der Waals surface area contributed by atoms with Gasteiger partial charge in [0.1, 0.15) is 0 Å². The van der Waals surface area contributed by atoms with Crippen molar-refractivity contribution in [1.82, 2.24) is 9.62 Å². The highest BCUT2D eigenvalue weighted by Crippen LogP contribution is 2.36. The number of hydrogen-bond acceptors (Lipinski definition) is 4. The van der Waals surface area contributed by atoms with E-state index in [1.54, 1.807) is 0 Å². The van der Waals surface area contributed by atoms with Crippen molar-refractivity contribution in [2.75, 3.05) is 26.4 Å². The molecular weight excluding hydrogens is 298 g/mol. The molecule has 20 heavy (non-hydrogen) atoms. The fourth-order valence-electron chi connectivity index (χ4n) is 2.39. The van der Waals surface area contributed by atoms with Crippen LogP contribution in [0.2, 0.25) is 0 Å². The van der Waals surface area contributed by atoms with Gasteiger partial charge in [-0.2, -0.15) is 0 Å². The van der Waals surface area contributed by atoms with Crippen molar-refractivity contribution in [3.63, 3.8) is 0 Å². The zero-order chi connectivity index (χ0) is 15.4. The molecule has 0 aromatic heterocycles. The van der Waals surface area contributed by atoms with Crippen molar-refractivity contribution in [2.24, 2.45) is 11.1 Å². The smallest absolute Gasteiger partial charge is 0.233 e. The topological polar surface area (TPSA) is 92.5 Å². The van der Waals surface area contributed by atoms with E-state index in [1.807, 2.05) is 0 Å². The molecule has 0 spiro atoms. The van der Waals surface area contributed by atoms with Gasteiger partial charge in [0, 0.05) is 20.6 Å². The van der Waals surface area contributed by atoms with Crippen LogP contribution in [0.15, 0.2) is 0 Å². The number of amides is 1. The number of rotatable bonds is 6. The third-order valence-electron chi connectivity index (χ3n) is 3.82. The second-order valence-corrected chi connectivity index (χ2v) is 8.10. The van der Waals surface area contributed by atoms with Crippen LogP contribution in [-0.2, 0) is 14.8 Å². The van der Waals surface area contributed by atoms with Gasteiger partial charge in [-0.15, -0.1) is 0 Å². The van der Waals surface area contributed by atoms with E-state index < -0.39 is 15.4 Å². The molecule has 0 aromatic rings.